The Balaban J connectivity index is 2.30. The maximum absolute atomic E-state index is 12.9. The summed E-state index contributed by atoms with van der Waals surface area (Å²) in [6.45, 7) is 4.82. The van der Waals surface area contributed by atoms with E-state index in [0.29, 0.717) is 22.7 Å². The van der Waals surface area contributed by atoms with Gasteiger partial charge in [0.15, 0.2) is 0 Å². The summed E-state index contributed by atoms with van der Waals surface area (Å²) in [6, 6.07) is 3.46. The molecule has 0 aliphatic rings. The Hall–Kier alpha value is -1.18. The van der Waals surface area contributed by atoms with Gasteiger partial charge >= 0.3 is 6.03 Å². The fraction of sp³-hybridized carbons (Fsp3) is 0.500. The number of carbonyl (C=O) groups excluding carboxylic acids is 1. The number of hydrogen-bond acceptors (Lipinski definition) is 3. The molecule has 5 nitrogen and oxygen atoms in total. The van der Waals surface area contributed by atoms with E-state index in [0.717, 1.165) is 0 Å². The minimum atomic E-state index is -0.772. The number of benzene rings is 1. The number of carbonyl (C=O) groups is 1. The maximum atomic E-state index is 12.9. The zero-order valence-electron chi connectivity index (χ0n) is 12.0. The number of aliphatic hydroxyl groups excluding tert-OH is 1. The number of urea groups is 1. The summed E-state index contributed by atoms with van der Waals surface area (Å²) in [5.74, 6) is -0.00478. The number of aliphatic hydroxyl groups is 1. The molecule has 0 fully saturated rings. The SMILES string of the molecule is CC(C)COCC(O)CNC(=O)Nc1ccc(F)cc1Br. The van der Waals surface area contributed by atoms with Gasteiger partial charge in [-0.15, -0.1) is 0 Å². The van der Waals surface area contributed by atoms with Crippen LogP contribution in [0.15, 0.2) is 22.7 Å². The second kappa shape index (κ2) is 8.96. The number of rotatable bonds is 7. The fourth-order valence-corrected chi connectivity index (χ4v) is 1.92. The van der Waals surface area contributed by atoms with Crippen molar-refractivity contribution in [3.63, 3.8) is 0 Å². The summed E-state index contributed by atoms with van der Waals surface area (Å²) in [7, 11) is 0. The van der Waals surface area contributed by atoms with E-state index in [1.807, 2.05) is 13.8 Å². The second-order valence-electron chi connectivity index (χ2n) is 5.04. The van der Waals surface area contributed by atoms with Crippen LogP contribution < -0.4 is 10.6 Å². The molecule has 0 radical (unpaired) electrons. The number of nitrogens with one attached hydrogen (secondary N) is 2. The Labute approximate surface area is 132 Å². The molecule has 2 amide bonds. The zero-order chi connectivity index (χ0) is 15.8. The largest absolute Gasteiger partial charge is 0.389 e. The van der Waals surface area contributed by atoms with E-state index in [1.165, 1.54) is 18.2 Å². The highest BCUT2D eigenvalue weighted by atomic mass is 79.9. The second-order valence-corrected chi connectivity index (χ2v) is 5.90. The van der Waals surface area contributed by atoms with Crippen LogP contribution in [-0.4, -0.2) is 37.0 Å². The molecule has 1 aromatic carbocycles. The summed E-state index contributed by atoms with van der Waals surface area (Å²) in [6.07, 6.45) is -0.772. The number of ether oxygens (including phenoxy) is 1. The van der Waals surface area contributed by atoms with Gasteiger partial charge in [0.2, 0.25) is 0 Å². The number of hydrogen-bond donors (Lipinski definition) is 3. The number of amides is 2. The van der Waals surface area contributed by atoms with Crippen molar-refractivity contribution in [1.29, 1.82) is 0 Å². The maximum Gasteiger partial charge on any atom is 0.319 e. The van der Waals surface area contributed by atoms with E-state index < -0.39 is 18.0 Å². The molecule has 0 saturated carbocycles. The number of anilines is 1. The molecule has 1 unspecified atom stereocenters. The lowest BCUT2D eigenvalue weighted by molar-refractivity contribution is 0.0274. The molecule has 21 heavy (non-hydrogen) atoms. The van der Waals surface area contributed by atoms with Crippen LogP contribution in [0.2, 0.25) is 0 Å². The Morgan fingerprint density at radius 2 is 2.14 bits per heavy atom. The molecule has 0 aliphatic carbocycles. The molecule has 7 heteroatoms. The van der Waals surface area contributed by atoms with E-state index >= 15 is 0 Å². The average Bonchev–Trinajstić information content (AvgIpc) is 2.39. The van der Waals surface area contributed by atoms with Gasteiger partial charge in [0.05, 0.1) is 18.4 Å². The van der Waals surface area contributed by atoms with Crippen LogP contribution in [0.25, 0.3) is 0 Å². The molecule has 118 valence electrons. The van der Waals surface area contributed by atoms with E-state index in [-0.39, 0.29) is 13.2 Å². The van der Waals surface area contributed by atoms with Crippen LogP contribution in [-0.2, 0) is 4.74 Å². The molecule has 0 spiro atoms. The van der Waals surface area contributed by atoms with Gasteiger partial charge in [0, 0.05) is 17.6 Å². The van der Waals surface area contributed by atoms with Gasteiger partial charge in [0.25, 0.3) is 0 Å². The first kappa shape index (κ1) is 17.9. The van der Waals surface area contributed by atoms with Crippen molar-refractivity contribution in [3.05, 3.63) is 28.5 Å². The first-order chi connectivity index (χ1) is 9.88. The highest BCUT2D eigenvalue weighted by Crippen LogP contribution is 2.22. The highest BCUT2D eigenvalue weighted by molar-refractivity contribution is 9.10. The average molecular weight is 363 g/mol. The van der Waals surface area contributed by atoms with Gasteiger partial charge in [0.1, 0.15) is 5.82 Å². The monoisotopic (exact) mass is 362 g/mol. The smallest absolute Gasteiger partial charge is 0.319 e. The van der Waals surface area contributed by atoms with Gasteiger partial charge in [-0.25, -0.2) is 9.18 Å². The standard InChI is InChI=1S/C14H20BrFN2O3/c1-9(2)7-21-8-11(19)6-17-14(20)18-13-4-3-10(16)5-12(13)15/h3-5,9,11,19H,6-8H2,1-2H3,(H2,17,18,20). The highest BCUT2D eigenvalue weighted by Gasteiger charge is 2.09. The third-order valence-corrected chi connectivity index (χ3v) is 3.10. The topological polar surface area (TPSA) is 70.6 Å². The van der Waals surface area contributed by atoms with Crippen molar-refractivity contribution in [2.75, 3.05) is 25.1 Å². The van der Waals surface area contributed by atoms with E-state index in [9.17, 15) is 14.3 Å². The Morgan fingerprint density at radius 1 is 1.43 bits per heavy atom. The first-order valence-corrected chi connectivity index (χ1v) is 7.43. The van der Waals surface area contributed by atoms with Gasteiger partial charge < -0.3 is 20.5 Å². The lowest BCUT2D eigenvalue weighted by atomic mass is 10.2. The summed E-state index contributed by atoms with van der Waals surface area (Å²) in [5, 5.41) is 14.7. The summed E-state index contributed by atoms with van der Waals surface area (Å²) in [5.41, 5.74) is 0.444. The Kier molecular flexibility index (Phi) is 7.63. The van der Waals surface area contributed by atoms with Crippen LogP contribution in [0, 0.1) is 11.7 Å². The first-order valence-electron chi connectivity index (χ1n) is 6.64. The van der Waals surface area contributed by atoms with Crippen LogP contribution in [0.5, 0.6) is 0 Å². The van der Waals surface area contributed by atoms with Gasteiger partial charge in [-0.2, -0.15) is 0 Å². The van der Waals surface area contributed by atoms with Crippen LogP contribution in [0.1, 0.15) is 13.8 Å². The zero-order valence-corrected chi connectivity index (χ0v) is 13.6. The molecule has 0 saturated heterocycles. The third-order valence-electron chi connectivity index (χ3n) is 2.44. The lowest BCUT2D eigenvalue weighted by Crippen LogP contribution is -2.37. The number of halogens is 2. The van der Waals surface area contributed by atoms with E-state index in [2.05, 4.69) is 26.6 Å². The summed E-state index contributed by atoms with van der Waals surface area (Å²) >= 11 is 3.15. The molecule has 0 heterocycles. The molecule has 0 bridgehead atoms. The molecular formula is C14H20BrFN2O3. The predicted molar refractivity (Wildman–Crippen MR) is 82.8 cm³/mol. The van der Waals surface area contributed by atoms with Gasteiger partial charge in [-0.05, 0) is 40.0 Å². The fourth-order valence-electron chi connectivity index (χ4n) is 1.47. The third kappa shape index (κ3) is 7.40. The van der Waals surface area contributed by atoms with Crippen molar-refractivity contribution in [1.82, 2.24) is 5.32 Å². The summed E-state index contributed by atoms with van der Waals surface area (Å²) < 4.78 is 18.6. The van der Waals surface area contributed by atoms with E-state index in [1.54, 1.807) is 0 Å². The van der Waals surface area contributed by atoms with Crippen molar-refractivity contribution in [2.45, 2.75) is 20.0 Å². The predicted octanol–water partition coefficient (Wildman–Crippen LogP) is 2.74. The molecule has 0 aromatic heterocycles. The quantitative estimate of drug-likeness (QED) is 0.698. The van der Waals surface area contributed by atoms with Gasteiger partial charge in [-0.1, -0.05) is 13.8 Å². The lowest BCUT2D eigenvalue weighted by Gasteiger charge is -2.14. The van der Waals surface area contributed by atoms with Gasteiger partial charge in [-0.3, -0.25) is 0 Å². The van der Waals surface area contributed by atoms with Crippen molar-refractivity contribution >= 4 is 27.6 Å². The molecule has 1 atom stereocenters. The van der Waals surface area contributed by atoms with Crippen molar-refractivity contribution in [3.8, 4) is 0 Å². The molecule has 3 N–H and O–H groups in total. The normalized spacial score (nSPS) is 12.3. The van der Waals surface area contributed by atoms with Crippen molar-refractivity contribution in [2.24, 2.45) is 5.92 Å². The Morgan fingerprint density at radius 3 is 2.76 bits per heavy atom. The molecule has 1 aromatic rings. The molecular weight excluding hydrogens is 343 g/mol. The van der Waals surface area contributed by atoms with Crippen LogP contribution >= 0.6 is 15.9 Å². The summed E-state index contributed by atoms with van der Waals surface area (Å²) in [4.78, 5) is 11.6. The van der Waals surface area contributed by atoms with Crippen molar-refractivity contribution < 1.29 is 19.0 Å². The minimum Gasteiger partial charge on any atom is -0.389 e. The minimum absolute atomic E-state index is 0.0722. The van der Waals surface area contributed by atoms with Crippen LogP contribution in [0.3, 0.4) is 0 Å². The molecule has 0 aliphatic heterocycles. The van der Waals surface area contributed by atoms with E-state index in [4.69, 9.17) is 4.74 Å². The van der Waals surface area contributed by atoms with Crippen LogP contribution in [0.4, 0.5) is 14.9 Å². The molecule has 1 rings (SSSR count). The Bertz CT molecular complexity index is 472.